The van der Waals surface area contributed by atoms with Gasteiger partial charge in [0.25, 0.3) is 0 Å². The summed E-state index contributed by atoms with van der Waals surface area (Å²) in [5.74, 6) is 0.0412. The summed E-state index contributed by atoms with van der Waals surface area (Å²) < 4.78 is 62.0. The fourth-order valence-electron chi connectivity index (χ4n) is 2.37. The topological polar surface area (TPSA) is 31.4 Å². The van der Waals surface area contributed by atoms with Crippen molar-refractivity contribution in [1.82, 2.24) is 4.98 Å². The Morgan fingerprint density at radius 1 is 1.07 bits per heavy atom. The Balaban J connectivity index is 1.75. The lowest BCUT2D eigenvalue weighted by Gasteiger charge is -2.07. The molecule has 142 valence electrons. The number of nitrogens with zero attached hydrogens (tertiary/aromatic N) is 1. The standard InChI is InChI=1S/C19H15F4NO2S/c1-11-17(10-26-14-7-8-15(20)16(9-14)25-2)27-18(24-11)12-3-5-13(6-4-12)19(21,22)23/h3-9H,10H2,1-2H3. The van der Waals surface area contributed by atoms with Gasteiger partial charge < -0.3 is 9.47 Å². The lowest BCUT2D eigenvalue weighted by molar-refractivity contribution is -0.137. The number of halogens is 4. The molecule has 0 aliphatic carbocycles. The SMILES string of the molecule is COc1cc(OCc2sc(-c3ccc(C(F)(F)F)cc3)nc2C)ccc1F. The van der Waals surface area contributed by atoms with Crippen LogP contribution in [0, 0.1) is 12.7 Å². The number of thiazole rings is 1. The minimum atomic E-state index is -4.37. The summed E-state index contributed by atoms with van der Waals surface area (Å²) in [5, 5.41) is 0.608. The third-order valence-corrected chi connectivity index (χ3v) is 5.02. The molecule has 8 heteroatoms. The Morgan fingerprint density at radius 3 is 2.41 bits per heavy atom. The summed E-state index contributed by atoms with van der Waals surface area (Å²) in [7, 11) is 1.37. The van der Waals surface area contributed by atoms with E-state index in [0.717, 1.165) is 22.7 Å². The second-order valence-electron chi connectivity index (χ2n) is 5.69. The van der Waals surface area contributed by atoms with E-state index in [4.69, 9.17) is 9.47 Å². The molecule has 0 aliphatic heterocycles. The molecule has 3 aromatic rings. The second kappa shape index (κ2) is 7.56. The molecule has 0 fully saturated rings. The van der Waals surface area contributed by atoms with Gasteiger partial charge in [-0.1, -0.05) is 12.1 Å². The van der Waals surface area contributed by atoms with Crippen LogP contribution in [0.3, 0.4) is 0 Å². The monoisotopic (exact) mass is 397 g/mol. The fraction of sp³-hybridized carbons (Fsp3) is 0.211. The highest BCUT2D eigenvalue weighted by Crippen LogP contribution is 2.33. The van der Waals surface area contributed by atoms with Crippen molar-refractivity contribution in [2.24, 2.45) is 0 Å². The molecular formula is C19H15F4NO2S. The maximum absolute atomic E-state index is 13.4. The van der Waals surface area contributed by atoms with Gasteiger partial charge >= 0.3 is 6.18 Å². The van der Waals surface area contributed by atoms with E-state index in [2.05, 4.69) is 4.98 Å². The Hall–Kier alpha value is -2.61. The molecule has 0 unspecified atom stereocenters. The van der Waals surface area contributed by atoms with Gasteiger partial charge in [0.05, 0.1) is 23.2 Å². The maximum Gasteiger partial charge on any atom is 0.416 e. The van der Waals surface area contributed by atoms with Crippen molar-refractivity contribution in [1.29, 1.82) is 0 Å². The average molecular weight is 397 g/mol. The lowest BCUT2D eigenvalue weighted by Crippen LogP contribution is -2.03. The lowest BCUT2D eigenvalue weighted by atomic mass is 10.1. The molecule has 0 saturated carbocycles. The van der Waals surface area contributed by atoms with Gasteiger partial charge in [-0.15, -0.1) is 11.3 Å². The Labute approximate surface area is 157 Å². The molecule has 3 rings (SSSR count). The molecule has 0 spiro atoms. The Morgan fingerprint density at radius 2 is 1.78 bits per heavy atom. The summed E-state index contributed by atoms with van der Waals surface area (Å²) in [4.78, 5) is 5.23. The molecule has 0 aliphatic rings. The highest BCUT2D eigenvalue weighted by molar-refractivity contribution is 7.15. The van der Waals surface area contributed by atoms with Crippen LogP contribution in [0.1, 0.15) is 16.1 Å². The highest BCUT2D eigenvalue weighted by Gasteiger charge is 2.30. The third kappa shape index (κ3) is 4.39. The van der Waals surface area contributed by atoms with Crippen LogP contribution in [0.5, 0.6) is 11.5 Å². The molecule has 27 heavy (non-hydrogen) atoms. The van der Waals surface area contributed by atoms with Gasteiger partial charge in [-0.05, 0) is 31.2 Å². The van der Waals surface area contributed by atoms with Crippen LogP contribution < -0.4 is 9.47 Å². The van der Waals surface area contributed by atoms with E-state index in [1.54, 1.807) is 6.92 Å². The number of rotatable bonds is 5. The van der Waals surface area contributed by atoms with E-state index in [-0.39, 0.29) is 12.4 Å². The van der Waals surface area contributed by atoms with Crippen LogP contribution in [0.4, 0.5) is 17.6 Å². The van der Waals surface area contributed by atoms with Crippen LogP contribution in [0.25, 0.3) is 10.6 Å². The zero-order valence-corrected chi connectivity index (χ0v) is 15.2. The summed E-state index contributed by atoms with van der Waals surface area (Å²) in [6.45, 7) is 2.01. The van der Waals surface area contributed by atoms with Crippen molar-refractivity contribution in [2.75, 3.05) is 7.11 Å². The minimum Gasteiger partial charge on any atom is -0.494 e. The summed E-state index contributed by atoms with van der Waals surface area (Å²) in [6, 6.07) is 9.06. The molecule has 1 heterocycles. The first-order chi connectivity index (χ1) is 12.8. The third-order valence-electron chi connectivity index (χ3n) is 3.84. The molecule has 0 radical (unpaired) electrons. The van der Waals surface area contributed by atoms with E-state index in [9.17, 15) is 17.6 Å². The highest BCUT2D eigenvalue weighted by atomic mass is 32.1. The molecule has 0 atom stereocenters. The number of aromatic nitrogens is 1. The number of hydrogen-bond acceptors (Lipinski definition) is 4. The van der Waals surface area contributed by atoms with E-state index < -0.39 is 17.6 Å². The summed E-state index contributed by atoms with van der Waals surface area (Å²) in [6.07, 6.45) is -4.37. The van der Waals surface area contributed by atoms with E-state index in [0.29, 0.717) is 16.3 Å². The second-order valence-corrected chi connectivity index (χ2v) is 6.77. The summed E-state index contributed by atoms with van der Waals surface area (Å²) >= 11 is 1.34. The fourth-order valence-corrected chi connectivity index (χ4v) is 3.35. The van der Waals surface area contributed by atoms with Crippen LogP contribution >= 0.6 is 11.3 Å². The van der Waals surface area contributed by atoms with Gasteiger partial charge in [-0.2, -0.15) is 13.2 Å². The molecule has 1 aromatic heterocycles. The van der Waals surface area contributed by atoms with Gasteiger partial charge in [-0.25, -0.2) is 9.37 Å². The van der Waals surface area contributed by atoms with Crippen LogP contribution in [-0.4, -0.2) is 12.1 Å². The average Bonchev–Trinajstić information content (AvgIpc) is 3.01. The smallest absolute Gasteiger partial charge is 0.416 e. The van der Waals surface area contributed by atoms with Crippen molar-refractivity contribution in [2.45, 2.75) is 19.7 Å². The van der Waals surface area contributed by atoms with Gasteiger partial charge in [0, 0.05) is 11.6 Å². The van der Waals surface area contributed by atoms with Gasteiger partial charge in [-0.3, -0.25) is 0 Å². The number of benzene rings is 2. The molecule has 2 aromatic carbocycles. The number of ether oxygens (including phenoxy) is 2. The molecule has 0 N–H and O–H groups in total. The largest absolute Gasteiger partial charge is 0.494 e. The molecule has 0 saturated heterocycles. The molecule has 3 nitrogen and oxygen atoms in total. The van der Waals surface area contributed by atoms with Crippen molar-refractivity contribution in [3.05, 3.63) is 64.4 Å². The van der Waals surface area contributed by atoms with Crippen molar-refractivity contribution in [3.63, 3.8) is 0 Å². The molecule has 0 bridgehead atoms. The maximum atomic E-state index is 13.4. The predicted molar refractivity (Wildman–Crippen MR) is 94.6 cm³/mol. The normalized spacial score (nSPS) is 11.5. The zero-order chi connectivity index (χ0) is 19.6. The quantitative estimate of drug-likeness (QED) is 0.505. The van der Waals surface area contributed by atoms with Crippen molar-refractivity contribution < 1.29 is 27.0 Å². The number of aryl methyl sites for hydroxylation is 1. The predicted octanol–water partition coefficient (Wildman–Crippen LogP) is 5.86. The van der Waals surface area contributed by atoms with Gasteiger partial charge in [0.1, 0.15) is 17.4 Å². The van der Waals surface area contributed by atoms with Crippen molar-refractivity contribution in [3.8, 4) is 22.1 Å². The van der Waals surface area contributed by atoms with Crippen molar-refractivity contribution >= 4 is 11.3 Å². The first kappa shape index (κ1) is 19.2. The Bertz CT molecular complexity index is 936. The zero-order valence-electron chi connectivity index (χ0n) is 14.4. The minimum absolute atomic E-state index is 0.0824. The molecule has 0 amide bonds. The van der Waals surface area contributed by atoms with Crippen LogP contribution in [-0.2, 0) is 12.8 Å². The first-order valence-electron chi connectivity index (χ1n) is 7.88. The van der Waals surface area contributed by atoms with Gasteiger partial charge in [0.2, 0.25) is 0 Å². The number of alkyl halides is 3. The number of hydrogen-bond donors (Lipinski definition) is 0. The molecular weight excluding hydrogens is 382 g/mol. The number of methoxy groups -OCH3 is 1. The van der Waals surface area contributed by atoms with Crippen LogP contribution in [0.2, 0.25) is 0 Å². The Kier molecular flexibility index (Phi) is 5.36. The van der Waals surface area contributed by atoms with Crippen LogP contribution in [0.15, 0.2) is 42.5 Å². The van der Waals surface area contributed by atoms with Gasteiger partial charge in [0.15, 0.2) is 11.6 Å². The van der Waals surface area contributed by atoms with E-state index in [1.807, 2.05) is 0 Å². The van der Waals surface area contributed by atoms with E-state index >= 15 is 0 Å². The van der Waals surface area contributed by atoms with E-state index in [1.165, 1.54) is 48.8 Å². The first-order valence-corrected chi connectivity index (χ1v) is 8.70. The summed E-state index contributed by atoms with van der Waals surface area (Å²) in [5.41, 5.74) is 0.628.